The van der Waals surface area contributed by atoms with Crippen molar-refractivity contribution >= 4 is 42.7 Å². The van der Waals surface area contributed by atoms with Crippen LogP contribution in [0.1, 0.15) is 27.7 Å². The molecule has 1 heterocycles. The van der Waals surface area contributed by atoms with Crippen LogP contribution in [0.25, 0.3) is 0 Å². The standard InChI is InChI=1S/C12H20IO3PS/c1-5-6-7(2)10-8(3)11(16-18(13)17)9(4)12(14)15-10/h5-11,17H,1-4H3/b6-5+/t7-,8+,9+,10-,11-,18?/m0/s1/i17T. The fourth-order valence-corrected chi connectivity index (χ4v) is 3.93. The number of carbonyl (C=O) groups is 1. The molecule has 1 aliphatic rings. The normalized spacial score (nSPS) is 37.4. The van der Waals surface area contributed by atoms with Crippen LogP contribution in [0.3, 0.4) is 0 Å². The quantitative estimate of drug-likeness (QED) is 0.310. The fraction of sp³-hybridized carbons (Fsp3) is 0.750. The van der Waals surface area contributed by atoms with E-state index in [0.717, 1.165) is 0 Å². The molecular formula is C12H20IO3PS. The summed E-state index contributed by atoms with van der Waals surface area (Å²) in [5, 5.41) is 0. The SMILES string of the molecule is [3H]P=S(I)O[C@H]1[C@H](C)[C@H]([C@@H](C)/C=C/C)OC(=O)[C@@H]1C. The Kier molecular flexibility index (Phi) is 6.12. The van der Waals surface area contributed by atoms with E-state index in [0.29, 0.717) is 7.96 Å². The molecule has 104 valence electrons. The molecule has 18 heavy (non-hydrogen) atoms. The van der Waals surface area contributed by atoms with E-state index in [4.69, 9.17) is 10.2 Å². The lowest BCUT2D eigenvalue weighted by atomic mass is 9.81. The highest BCUT2D eigenvalue weighted by Gasteiger charge is 2.44. The van der Waals surface area contributed by atoms with Crippen molar-refractivity contribution in [3.63, 3.8) is 0 Å². The van der Waals surface area contributed by atoms with Gasteiger partial charge in [0.1, 0.15) is 7.38 Å². The van der Waals surface area contributed by atoms with Gasteiger partial charge in [0, 0.05) is 40.6 Å². The van der Waals surface area contributed by atoms with Crippen molar-refractivity contribution in [2.24, 2.45) is 17.8 Å². The molecule has 0 aromatic rings. The summed E-state index contributed by atoms with van der Waals surface area (Å²) < 4.78 is 18.8. The molecule has 0 N–H and O–H groups in total. The lowest BCUT2D eigenvalue weighted by Gasteiger charge is -2.40. The number of cyclic esters (lactones) is 1. The Bertz CT molecular complexity index is 391. The van der Waals surface area contributed by atoms with Gasteiger partial charge in [-0.25, -0.2) is 0 Å². The zero-order valence-corrected chi connectivity index (χ0v) is 14.9. The predicted molar refractivity (Wildman–Crippen MR) is 86.8 cm³/mol. The minimum atomic E-state index is -0.480. The second-order valence-corrected chi connectivity index (χ2v) is 10.8. The van der Waals surface area contributed by atoms with Crippen LogP contribution in [-0.2, 0) is 21.2 Å². The van der Waals surface area contributed by atoms with Gasteiger partial charge in [0.25, 0.3) is 0 Å². The Morgan fingerprint density at radius 1 is 1.67 bits per heavy atom. The van der Waals surface area contributed by atoms with Crippen LogP contribution in [0.2, 0.25) is 0 Å². The number of carbonyl (C=O) groups excluding carboxylic acids is 1. The summed E-state index contributed by atoms with van der Waals surface area (Å²) in [7, 11) is -0.0245. The van der Waals surface area contributed by atoms with Crippen LogP contribution < -0.4 is 0 Å². The monoisotopic (exact) mass is 404 g/mol. The van der Waals surface area contributed by atoms with Gasteiger partial charge in [-0.3, -0.25) is 4.79 Å². The number of hydrogen-bond donors (Lipinski definition) is 0. The highest BCUT2D eigenvalue weighted by Crippen LogP contribution is 2.34. The number of ether oxygens (including phenoxy) is 1. The van der Waals surface area contributed by atoms with Crippen molar-refractivity contribution in [3.05, 3.63) is 12.2 Å². The van der Waals surface area contributed by atoms with Gasteiger partial charge in [0.05, 0.1) is 12.0 Å². The maximum Gasteiger partial charge on any atom is 0.311 e. The summed E-state index contributed by atoms with van der Waals surface area (Å²) >= 11 is 2.12. The van der Waals surface area contributed by atoms with Gasteiger partial charge in [-0.2, -0.15) is 0 Å². The van der Waals surface area contributed by atoms with Crippen molar-refractivity contribution in [2.45, 2.75) is 39.9 Å². The van der Waals surface area contributed by atoms with E-state index in [1.807, 2.05) is 32.9 Å². The molecule has 0 spiro atoms. The molecule has 0 radical (unpaired) electrons. The number of allylic oxidation sites excluding steroid dienone is 1. The smallest absolute Gasteiger partial charge is 0.311 e. The molecule has 3 nitrogen and oxygen atoms in total. The Balaban J connectivity index is 2.92. The number of rotatable bonds is 4. The number of halogens is 1. The van der Waals surface area contributed by atoms with Crippen molar-refractivity contribution in [1.82, 2.24) is 0 Å². The zero-order valence-electron chi connectivity index (χ0n) is 12.0. The largest absolute Gasteiger partial charge is 0.461 e. The van der Waals surface area contributed by atoms with Crippen molar-refractivity contribution in [3.8, 4) is 0 Å². The third-order valence-electron chi connectivity index (χ3n) is 3.36. The molecule has 1 saturated heterocycles. The summed E-state index contributed by atoms with van der Waals surface area (Å²) in [6, 6.07) is 0. The van der Waals surface area contributed by atoms with Crippen LogP contribution in [0.5, 0.6) is 0 Å². The molecule has 1 unspecified atom stereocenters. The molecule has 0 bridgehead atoms. The third-order valence-corrected chi connectivity index (χ3v) is 4.62. The van der Waals surface area contributed by atoms with Gasteiger partial charge in [0.15, 0.2) is 0 Å². The summed E-state index contributed by atoms with van der Waals surface area (Å²) in [5.41, 5.74) is 0. The molecule has 1 fully saturated rings. The maximum atomic E-state index is 12.0. The van der Waals surface area contributed by atoms with Gasteiger partial charge in [0.2, 0.25) is 0 Å². The van der Waals surface area contributed by atoms with Gasteiger partial charge in [-0.15, -0.1) is 0 Å². The number of esters is 1. The first-order valence-corrected chi connectivity index (χ1v) is 10.7. The topological polar surface area (TPSA) is 35.5 Å². The van der Waals surface area contributed by atoms with Crippen molar-refractivity contribution < 1.29 is 13.7 Å². The summed E-state index contributed by atoms with van der Waals surface area (Å²) in [6.45, 7) is 7.92. The molecule has 1 aliphatic heterocycles. The molecule has 0 aliphatic carbocycles. The molecule has 1 rings (SSSR count). The lowest BCUT2D eigenvalue weighted by molar-refractivity contribution is -0.177. The molecule has 6 atom stereocenters. The first-order valence-electron chi connectivity index (χ1n) is 6.43. The van der Waals surface area contributed by atoms with Crippen LogP contribution >= 0.6 is 29.2 Å². The molecule has 0 amide bonds. The maximum absolute atomic E-state index is 12.0. The minimum Gasteiger partial charge on any atom is -0.461 e. The second-order valence-electron chi connectivity index (χ2n) is 4.70. The average molecular weight is 404 g/mol. The Labute approximate surface area is 127 Å². The summed E-state index contributed by atoms with van der Waals surface area (Å²) in [4.78, 5) is 12.0. The first-order chi connectivity index (χ1) is 8.92. The van der Waals surface area contributed by atoms with E-state index in [-0.39, 0.29) is 35.9 Å². The zero-order chi connectivity index (χ0) is 14.6. The van der Waals surface area contributed by atoms with Gasteiger partial charge in [-0.1, -0.05) is 34.0 Å². The Morgan fingerprint density at radius 3 is 2.89 bits per heavy atom. The van der Waals surface area contributed by atoms with Gasteiger partial charge in [-0.05, 0) is 13.8 Å². The third kappa shape index (κ3) is 4.02. The first kappa shape index (κ1) is 14.9. The average Bonchev–Trinajstić information content (AvgIpc) is 2.38. The summed E-state index contributed by atoms with van der Waals surface area (Å²) in [6.07, 6.45) is 3.70. The van der Waals surface area contributed by atoms with Gasteiger partial charge < -0.3 is 8.92 Å². The lowest BCUT2D eigenvalue weighted by Crippen LogP contribution is -2.49. The molecule has 0 aromatic heterocycles. The Morgan fingerprint density at radius 2 is 2.33 bits per heavy atom. The van der Waals surface area contributed by atoms with Crippen molar-refractivity contribution in [2.75, 3.05) is 0 Å². The van der Waals surface area contributed by atoms with E-state index in [9.17, 15) is 4.79 Å². The molecule has 6 heteroatoms. The van der Waals surface area contributed by atoms with E-state index in [1.165, 1.54) is 0 Å². The van der Waals surface area contributed by atoms with Crippen LogP contribution in [-0.4, -0.2) is 19.5 Å². The summed E-state index contributed by atoms with van der Waals surface area (Å²) in [5.74, 6) is -0.160. The van der Waals surface area contributed by atoms with E-state index in [1.54, 1.807) is 0 Å². The second kappa shape index (κ2) is 7.36. The van der Waals surface area contributed by atoms with E-state index in [2.05, 4.69) is 28.1 Å². The molecule has 0 saturated carbocycles. The van der Waals surface area contributed by atoms with Crippen molar-refractivity contribution in [1.29, 1.82) is 1.28 Å². The minimum absolute atomic E-state index is 0.130. The van der Waals surface area contributed by atoms with Crippen LogP contribution in [0, 0.1) is 17.8 Å². The predicted octanol–water partition coefficient (Wildman–Crippen LogP) is 3.72. The van der Waals surface area contributed by atoms with E-state index < -0.39 is 7.53 Å². The Hall–Kier alpha value is 0.550. The molecule has 0 aromatic carbocycles. The van der Waals surface area contributed by atoms with Crippen LogP contribution in [0.4, 0.5) is 0 Å². The fourth-order valence-electron chi connectivity index (χ4n) is 2.39. The molecular weight excluding hydrogens is 382 g/mol. The highest BCUT2D eigenvalue weighted by molar-refractivity contribution is 14.2. The highest BCUT2D eigenvalue weighted by atomic mass is 127. The van der Waals surface area contributed by atoms with E-state index >= 15 is 0 Å². The number of hydrogen-bond acceptors (Lipinski definition) is 3. The van der Waals surface area contributed by atoms with Crippen LogP contribution in [0.15, 0.2) is 12.2 Å². The van der Waals surface area contributed by atoms with Gasteiger partial charge >= 0.3 is 5.97 Å².